The molecule has 1 atom stereocenters. The van der Waals surface area contributed by atoms with E-state index < -0.39 is 17.5 Å². The summed E-state index contributed by atoms with van der Waals surface area (Å²) in [5.41, 5.74) is 6.87. The van der Waals surface area contributed by atoms with Crippen LogP contribution in [0.4, 0.5) is 11.6 Å². The first-order valence-electron chi connectivity index (χ1n) is 9.05. The molecule has 0 spiro atoms. The fourth-order valence-corrected chi connectivity index (χ4v) is 2.66. The summed E-state index contributed by atoms with van der Waals surface area (Å²) in [6, 6.07) is 5.88. The Balaban J connectivity index is 1.62. The number of fused-ring (bicyclic) bond motifs is 1. The van der Waals surface area contributed by atoms with Gasteiger partial charge in [-0.25, -0.2) is 9.97 Å². The SMILES string of the molecule is Nc1nc2ncc(CNc3ccc(C(=O)N[C@H](C=O)CCC=O)cc3)nc2c(=O)[nH]1. The van der Waals surface area contributed by atoms with Crippen LogP contribution in [-0.4, -0.2) is 44.5 Å². The molecule has 0 aliphatic carbocycles. The quantitative estimate of drug-likeness (QED) is 0.360. The van der Waals surface area contributed by atoms with Gasteiger partial charge in [-0.2, -0.15) is 4.98 Å². The Hall–Kier alpha value is -4.15. The molecule has 11 nitrogen and oxygen atoms in total. The molecule has 3 rings (SSSR count). The Morgan fingerprint density at radius 2 is 1.97 bits per heavy atom. The van der Waals surface area contributed by atoms with Gasteiger partial charge in [-0.05, 0) is 30.7 Å². The van der Waals surface area contributed by atoms with E-state index in [-0.39, 0.29) is 36.5 Å². The number of nitrogen functional groups attached to an aromatic ring is 1. The number of aldehydes is 2. The zero-order valence-electron chi connectivity index (χ0n) is 15.8. The van der Waals surface area contributed by atoms with Crippen LogP contribution in [0.1, 0.15) is 28.9 Å². The van der Waals surface area contributed by atoms with Crippen LogP contribution >= 0.6 is 0 Å². The average molecular weight is 409 g/mol. The summed E-state index contributed by atoms with van der Waals surface area (Å²) in [6.07, 6.45) is 3.25. The van der Waals surface area contributed by atoms with Gasteiger partial charge in [-0.1, -0.05) is 0 Å². The number of hydrogen-bond acceptors (Lipinski definition) is 9. The monoisotopic (exact) mass is 409 g/mol. The van der Waals surface area contributed by atoms with Gasteiger partial charge in [0.05, 0.1) is 24.5 Å². The number of benzene rings is 1. The van der Waals surface area contributed by atoms with E-state index in [2.05, 4.69) is 30.6 Å². The molecule has 2 heterocycles. The lowest BCUT2D eigenvalue weighted by molar-refractivity contribution is -0.110. The summed E-state index contributed by atoms with van der Waals surface area (Å²) in [5, 5.41) is 5.69. The van der Waals surface area contributed by atoms with E-state index in [9.17, 15) is 19.2 Å². The second kappa shape index (κ2) is 9.37. The summed E-state index contributed by atoms with van der Waals surface area (Å²) in [4.78, 5) is 60.1. The molecule has 2 aromatic heterocycles. The number of aromatic amines is 1. The van der Waals surface area contributed by atoms with Gasteiger partial charge in [-0.15, -0.1) is 0 Å². The predicted octanol–water partition coefficient (Wildman–Crippen LogP) is 0.184. The second-order valence-corrected chi connectivity index (χ2v) is 6.38. The van der Waals surface area contributed by atoms with Crippen molar-refractivity contribution in [2.75, 3.05) is 11.1 Å². The fourth-order valence-electron chi connectivity index (χ4n) is 2.66. The summed E-state index contributed by atoms with van der Waals surface area (Å²) in [6.45, 7) is 0.289. The lowest BCUT2D eigenvalue weighted by Gasteiger charge is -2.12. The molecule has 0 saturated carbocycles. The normalized spacial score (nSPS) is 11.6. The molecule has 0 saturated heterocycles. The second-order valence-electron chi connectivity index (χ2n) is 6.38. The third-order valence-corrected chi connectivity index (χ3v) is 4.18. The molecule has 5 N–H and O–H groups in total. The number of anilines is 2. The van der Waals surface area contributed by atoms with Crippen molar-refractivity contribution in [1.82, 2.24) is 25.3 Å². The first kappa shape index (κ1) is 20.6. The van der Waals surface area contributed by atoms with Crippen molar-refractivity contribution in [3.05, 3.63) is 52.1 Å². The van der Waals surface area contributed by atoms with E-state index >= 15 is 0 Å². The highest BCUT2D eigenvalue weighted by Gasteiger charge is 2.13. The zero-order valence-corrected chi connectivity index (χ0v) is 15.8. The van der Waals surface area contributed by atoms with Crippen molar-refractivity contribution in [2.24, 2.45) is 0 Å². The number of hydrogen-bond donors (Lipinski definition) is 4. The largest absolute Gasteiger partial charge is 0.379 e. The molecule has 0 unspecified atom stereocenters. The molecular formula is C19H19N7O4. The van der Waals surface area contributed by atoms with Crippen molar-refractivity contribution < 1.29 is 14.4 Å². The minimum Gasteiger partial charge on any atom is -0.379 e. The standard InChI is InChI=1S/C19H19N7O4/c20-19-25-16-15(18(30)26-19)23-14(9-22-16)8-21-12-5-3-11(4-6-12)17(29)24-13(10-28)2-1-7-27/h3-7,9-10,13,21H,1-2,8H2,(H,24,29)(H3,20,22,25,26,30)/t13-/m0/s1. The van der Waals surface area contributed by atoms with Gasteiger partial charge in [0.1, 0.15) is 12.6 Å². The molecule has 0 aliphatic rings. The van der Waals surface area contributed by atoms with Crippen LogP contribution in [0.2, 0.25) is 0 Å². The lowest BCUT2D eigenvalue weighted by atomic mass is 10.1. The molecule has 154 valence electrons. The van der Waals surface area contributed by atoms with Crippen LogP contribution in [0, 0.1) is 0 Å². The maximum atomic E-state index is 12.2. The summed E-state index contributed by atoms with van der Waals surface area (Å²) in [7, 11) is 0. The van der Waals surface area contributed by atoms with Crippen molar-refractivity contribution in [2.45, 2.75) is 25.4 Å². The third kappa shape index (κ3) is 5.01. The van der Waals surface area contributed by atoms with Crippen LogP contribution in [0.25, 0.3) is 11.2 Å². The number of rotatable bonds is 9. The van der Waals surface area contributed by atoms with Gasteiger partial charge in [0.2, 0.25) is 5.95 Å². The molecule has 0 bridgehead atoms. The predicted molar refractivity (Wildman–Crippen MR) is 109 cm³/mol. The third-order valence-electron chi connectivity index (χ3n) is 4.18. The van der Waals surface area contributed by atoms with Gasteiger partial charge >= 0.3 is 0 Å². The molecule has 0 radical (unpaired) electrons. The molecule has 11 heteroatoms. The maximum Gasteiger partial charge on any atom is 0.280 e. The molecule has 30 heavy (non-hydrogen) atoms. The number of nitrogens with two attached hydrogens (primary N) is 1. The lowest BCUT2D eigenvalue weighted by Crippen LogP contribution is -2.36. The number of carbonyl (C=O) groups excluding carboxylic acids is 3. The number of carbonyl (C=O) groups is 3. The van der Waals surface area contributed by atoms with Crippen molar-refractivity contribution >= 4 is 41.3 Å². The number of H-pyrrole nitrogens is 1. The van der Waals surface area contributed by atoms with Crippen LogP contribution in [-0.2, 0) is 16.1 Å². The van der Waals surface area contributed by atoms with E-state index in [1.54, 1.807) is 24.3 Å². The van der Waals surface area contributed by atoms with E-state index in [1.165, 1.54) is 6.20 Å². The highest BCUT2D eigenvalue weighted by atomic mass is 16.2. The Kier molecular flexibility index (Phi) is 6.42. The molecule has 0 fully saturated rings. The fraction of sp³-hybridized carbons (Fsp3) is 0.211. The van der Waals surface area contributed by atoms with Crippen LogP contribution in [0.15, 0.2) is 35.3 Å². The van der Waals surface area contributed by atoms with Crippen LogP contribution in [0.3, 0.4) is 0 Å². The smallest absolute Gasteiger partial charge is 0.280 e. The highest BCUT2D eigenvalue weighted by Crippen LogP contribution is 2.12. The Bertz CT molecular complexity index is 1130. The van der Waals surface area contributed by atoms with Crippen LogP contribution < -0.4 is 21.9 Å². The topological polar surface area (TPSA) is 173 Å². The van der Waals surface area contributed by atoms with E-state index in [0.717, 1.165) is 0 Å². The number of nitrogens with one attached hydrogen (secondary N) is 3. The number of aromatic nitrogens is 4. The van der Waals surface area contributed by atoms with Gasteiger partial charge < -0.3 is 26.0 Å². The van der Waals surface area contributed by atoms with Crippen molar-refractivity contribution in [3.63, 3.8) is 0 Å². The van der Waals surface area contributed by atoms with Gasteiger partial charge in [0.25, 0.3) is 11.5 Å². The molecular weight excluding hydrogens is 390 g/mol. The average Bonchev–Trinajstić information content (AvgIpc) is 2.75. The van der Waals surface area contributed by atoms with Gasteiger partial charge in [0.15, 0.2) is 11.2 Å². The Morgan fingerprint density at radius 3 is 2.67 bits per heavy atom. The number of nitrogens with zero attached hydrogens (tertiary/aromatic N) is 3. The highest BCUT2D eigenvalue weighted by molar-refractivity contribution is 5.96. The molecule has 1 aromatic carbocycles. The zero-order chi connectivity index (χ0) is 21.5. The summed E-state index contributed by atoms with van der Waals surface area (Å²) < 4.78 is 0. The minimum atomic E-state index is -0.708. The first-order valence-corrected chi connectivity index (χ1v) is 9.05. The van der Waals surface area contributed by atoms with Gasteiger partial charge in [-0.3, -0.25) is 14.6 Å². The van der Waals surface area contributed by atoms with E-state index in [4.69, 9.17) is 5.73 Å². The summed E-state index contributed by atoms with van der Waals surface area (Å²) in [5.74, 6) is -0.434. The molecule has 0 aliphatic heterocycles. The van der Waals surface area contributed by atoms with E-state index in [0.29, 0.717) is 29.5 Å². The van der Waals surface area contributed by atoms with Crippen LogP contribution in [0.5, 0.6) is 0 Å². The minimum absolute atomic E-state index is 0.0278. The summed E-state index contributed by atoms with van der Waals surface area (Å²) >= 11 is 0. The first-order chi connectivity index (χ1) is 14.5. The van der Waals surface area contributed by atoms with Crippen molar-refractivity contribution in [1.29, 1.82) is 0 Å². The molecule has 1 amide bonds. The Labute approximate surface area is 170 Å². The number of amides is 1. The molecule has 3 aromatic rings. The Morgan fingerprint density at radius 1 is 1.20 bits per heavy atom. The van der Waals surface area contributed by atoms with Gasteiger partial charge in [0, 0.05) is 17.7 Å². The van der Waals surface area contributed by atoms with Crippen molar-refractivity contribution in [3.8, 4) is 0 Å². The van der Waals surface area contributed by atoms with E-state index in [1.807, 2.05) is 0 Å². The maximum absolute atomic E-state index is 12.2.